The molecule has 5 heteroatoms. The van der Waals surface area contributed by atoms with Crippen LogP contribution in [0.1, 0.15) is 25.8 Å². The SMILES string of the molecule is CC(C)(CNC(CC(=O)O)C(=O)O)c1ccccc1. The number of nitrogens with one attached hydrogen (secondary N) is 1. The molecule has 1 unspecified atom stereocenters. The Morgan fingerprint density at radius 3 is 2.26 bits per heavy atom. The summed E-state index contributed by atoms with van der Waals surface area (Å²) in [5.74, 6) is -2.27. The number of hydrogen-bond donors (Lipinski definition) is 3. The van der Waals surface area contributed by atoms with E-state index >= 15 is 0 Å². The van der Waals surface area contributed by atoms with Crippen molar-refractivity contribution >= 4 is 11.9 Å². The molecule has 0 aliphatic rings. The molecule has 1 atom stereocenters. The number of rotatable bonds is 7. The van der Waals surface area contributed by atoms with Crippen molar-refractivity contribution in [3.05, 3.63) is 35.9 Å². The van der Waals surface area contributed by atoms with Crippen LogP contribution >= 0.6 is 0 Å². The largest absolute Gasteiger partial charge is 0.481 e. The van der Waals surface area contributed by atoms with E-state index in [4.69, 9.17) is 10.2 Å². The Balaban J connectivity index is 2.68. The highest BCUT2D eigenvalue weighted by molar-refractivity contribution is 5.80. The first-order chi connectivity index (χ1) is 8.83. The molecule has 1 aromatic rings. The highest BCUT2D eigenvalue weighted by Crippen LogP contribution is 2.21. The number of carboxylic acid groups (broad SMARTS) is 2. The summed E-state index contributed by atoms with van der Waals surface area (Å²) in [7, 11) is 0. The van der Waals surface area contributed by atoms with Crippen LogP contribution in [0.3, 0.4) is 0 Å². The molecule has 0 amide bonds. The van der Waals surface area contributed by atoms with Gasteiger partial charge < -0.3 is 15.5 Å². The van der Waals surface area contributed by atoms with E-state index in [1.165, 1.54) is 0 Å². The Hall–Kier alpha value is -1.88. The van der Waals surface area contributed by atoms with Crippen molar-refractivity contribution in [1.82, 2.24) is 5.32 Å². The quantitative estimate of drug-likeness (QED) is 0.695. The van der Waals surface area contributed by atoms with Crippen LogP contribution in [0.2, 0.25) is 0 Å². The molecule has 1 aromatic carbocycles. The zero-order chi connectivity index (χ0) is 14.5. The van der Waals surface area contributed by atoms with Crippen LogP contribution in [0, 0.1) is 0 Å². The molecule has 0 aliphatic carbocycles. The molecular weight excluding hydrogens is 246 g/mol. The second-order valence-corrected chi connectivity index (χ2v) is 5.12. The van der Waals surface area contributed by atoms with Gasteiger partial charge in [-0.15, -0.1) is 0 Å². The zero-order valence-electron chi connectivity index (χ0n) is 11.1. The maximum atomic E-state index is 11.0. The van der Waals surface area contributed by atoms with Crippen LogP contribution in [0.5, 0.6) is 0 Å². The highest BCUT2D eigenvalue weighted by atomic mass is 16.4. The summed E-state index contributed by atoms with van der Waals surface area (Å²) in [6.07, 6.45) is -0.430. The molecule has 0 heterocycles. The fourth-order valence-corrected chi connectivity index (χ4v) is 1.79. The number of carboxylic acids is 2. The fraction of sp³-hybridized carbons (Fsp3) is 0.429. The molecule has 0 aromatic heterocycles. The summed E-state index contributed by atoms with van der Waals surface area (Å²) in [6.45, 7) is 4.35. The molecule has 0 fully saturated rings. The second kappa shape index (κ2) is 6.33. The lowest BCUT2D eigenvalue weighted by atomic mass is 9.84. The maximum Gasteiger partial charge on any atom is 0.321 e. The molecule has 0 saturated carbocycles. The molecule has 0 saturated heterocycles. The zero-order valence-corrected chi connectivity index (χ0v) is 11.1. The molecule has 3 N–H and O–H groups in total. The van der Waals surface area contributed by atoms with Crippen molar-refractivity contribution in [1.29, 1.82) is 0 Å². The standard InChI is InChI=1S/C14H19NO4/c1-14(2,10-6-4-3-5-7-10)9-15-11(13(18)19)8-12(16)17/h3-7,11,15H,8-9H2,1-2H3,(H,16,17)(H,18,19). The molecule has 0 radical (unpaired) electrons. The predicted octanol–water partition coefficient (Wildman–Crippen LogP) is 1.48. The Morgan fingerprint density at radius 1 is 1.21 bits per heavy atom. The van der Waals surface area contributed by atoms with Crippen molar-refractivity contribution < 1.29 is 19.8 Å². The second-order valence-electron chi connectivity index (χ2n) is 5.12. The molecule has 0 bridgehead atoms. The van der Waals surface area contributed by atoms with Gasteiger partial charge in [-0.2, -0.15) is 0 Å². The van der Waals surface area contributed by atoms with E-state index in [9.17, 15) is 9.59 Å². The van der Waals surface area contributed by atoms with E-state index in [1.807, 2.05) is 44.2 Å². The third kappa shape index (κ3) is 4.71. The van der Waals surface area contributed by atoms with E-state index < -0.39 is 24.4 Å². The fourth-order valence-electron chi connectivity index (χ4n) is 1.79. The monoisotopic (exact) mass is 265 g/mol. The van der Waals surface area contributed by atoms with Gasteiger partial charge in [0.05, 0.1) is 6.42 Å². The minimum atomic E-state index is -1.15. The molecule has 1 rings (SSSR count). The van der Waals surface area contributed by atoms with Gasteiger partial charge in [0.15, 0.2) is 0 Å². The maximum absolute atomic E-state index is 11.0. The molecule has 104 valence electrons. The summed E-state index contributed by atoms with van der Waals surface area (Å²) in [5.41, 5.74) is 0.801. The van der Waals surface area contributed by atoms with Gasteiger partial charge in [0.25, 0.3) is 0 Å². The minimum Gasteiger partial charge on any atom is -0.481 e. The number of aliphatic carboxylic acids is 2. The van der Waals surface area contributed by atoms with Crippen LogP contribution in [0.4, 0.5) is 0 Å². The summed E-state index contributed by atoms with van der Waals surface area (Å²) in [6, 6.07) is 8.62. The first-order valence-corrected chi connectivity index (χ1v) is 6.06. The molecule has 0 aliphatic heterocycles. The van der Waals surface area contributed by atoms with Gasteiger partial charge >= 0.3 is 11.9 Å². The van der Waals surface area contributed by atoms with Gasteiger partial charge in [-0.05, 0) is 5.56 Å². The van der Waals surface area contributed by atoms with E-state index in [2.05, 4.69) is 5.32 Å². The van der Waals surface area contributed by atoms with E-state index in [1.54, 1.807) is 0 Å². The first kappa shape index (κ1) is 15.2. The topological polar surface area (TPSA) is 86.6 Å². The van der Waals surface area contributed by atoms with Gasteiger partial charge in [0.2, 0.25) is 0 Å². The first-order valence-electron chi connectivity index (χ1n) is 6.06. The number of carbonyl (C=O) groups is 2. The number of hydrogen-bond acceptors (Lipinski definition) is 3. The van der Waals surface area contributed by atoms with Crippen molar-refractivity contribution in [3.8, 4) is 0 Å². The lowest BCUT2D eigenvalue weighted by molar-refractivity contribution is -0.146. The van der Waals surface area contributed by atoms with Crippen LogP contribution in [-0.2, 0) is 15.0 Å². The molecule has 5 nitrogen and oxygen atoms in total. The summed E-state index contributed by atoms with van der Waals surface area (Å²) in [5, 5.41) is 20.4. The van der Waals surface area contributed by atoms with E-state index in [0.717, 1.165) is 5.56 Å². The molecule has 19 heavy (non-hydrogen) atoms. The third-order valence-corrected chi connectivity index (χ3v) is 3.02. The molecular formula is C14H19NO4. The van der Waals surface area contributed by atoms with E-state index in [0.29, 0.717) is 6.54 Å². The van der Waals surface area contributed by atoms with Crippen molar-refractivity contribution in [2.24, 2.45) is 0 Å². The third-order valence-electron chi connectivity index (χ3n) is 3.02. The summed E-state index contributed by atoms with van der Waals surface area (Å²) in [4.78, 5) is 21.6. The number of benzene rings is 1. The summed E-state index contributed by atoms with van der Waals surface area (Å²) >= 11 is 0. The van der Waals surface area contributed by atoms with Gasteiger partial charge in [-0.1, -0.05) is 44.2 Å². The average Bonchev–Trinajstić information content (AvgIpc) is 2.35. The lowest BCUT2D eigenvalue weighted by Crippen LogP contribution is -2.44. The average molecular weight is 265 g/mol. The van der Waals surface area contributed by atoms with Gasteiger partial charge in [-0.25, -0.2) is 0 Å². The van der Waals surface area contributed by atoms with Gasteiger partial charge in [0.1, 0.15) is 6.04 Å². The van der Waals surface area contributed by atoms with Gasteiger partial charge in [0, 0.05) is 12.0 Å². The molecule has 0 spiro atoms. The highest BCUT2D eigenvalue weighted by Gasteiger charge is 2.25. The van der Waals surface area contributed by atoms with Crippen molar-refractivity contribution in [2.75, 3.05) is 6.54 Å². The van der Waals surface area contributed by atoms with Gasteiger partial charge in [-0.3, -0.25) is 9.59 Å². The Bertz CT molecular complexity index is 442. The lowest BCUT2D eigenvalue weighted by Gasteiger charge is -2.27. The smallest absolute Gasteiger partial charge is 0.321 e. The normalized spacial score (nSPS) is 12.9. The van der Waals surface area contributed by atoms with Crippen LogP contribution < -0.4 is 5.32 Å². The van der Waals surface area contributed by atoms with Crippen LogP contribution in [0.15, 0.2) is 30.3 Å². The van der Waals surface area contributed by atoms with Crippen molar-refractivity contribution in [2.45, 2.75) is 31.7 Å². The van der Waals surface area contributed by atoms with E-state index in [-0.39, 0.29) is 5.41 Å². The minimum absolute atomic E-state index is 0.270. The Kier molecular flexibility index (Phi) is 5.06. The van der Waals surface area contributed by atoms with Crippen molar-refractivity contribution in [3.63, 3.8) is 0 Å². The Morgan fingerprint density at radius 2 is 1.79 bits per heavy atom. The van der Waals surface area contributed by atoms with Crippen LogP contribution in [-0.4, -0.2) is 34.7 Å². The Labute approximate surface area is 112 Å². The predicted molar refractivity (Wildman–Crippen MR) is 71.1 cm³/mol. The summed E-state index contributed by atoms with van der Waals surface area (Å²) < 4.78 is 0. The van der Waals surface area contributed by atoms with Crippen LogP contribution in [0.25, 0.3) is 0 Å².